The standard InChI is InChI=1S/2C25H28FN3O.4ClH/c2*1-15(2)12-22-21(14-27)23(18-10-8-16(3)9-11-18)24(17(4)28-22)29-25(30)19-6-5-7-20(26)13-19;;;;/h2*5-11,13,15H,12,14,27H2,1-4H3,(H,29,30);4*1H. The Balaban J connectivity index is 0.000000602. The third-order valence-corrected chi connectivity index (χ3v) is 10.1. The van der Waals surface area contributed by atoms with E-state index in [9.17, 15) is 18.4 Å². The number of carbonyl (C=O) groups excluding carboxylic acids is 2. The molecule has 6 rings (SSSR count). The van der Waals surface area contributed by atoms with Crippen LogP contribution < -0.4 is 22.1 Å². The molecule has 6 N–H and O–H groups in total. The molecule has 2 amide bonds. The third kappa shape index (κ3) is 14.5. The first-order valence-corrected chi connectivity index (χ1v) is 20.3. The molecule has 64 heavy (non-hydrogen) atoms. The van der Waals surface area contributed by atoms with E-state index in [1.165, 1.54) is 36.4 Å². The Morgan fingerprint density at radius 2 is 0.875 bits per heavy atom. The predicted octanol–water partition coefficient (Wildman–Crippen LogP) is 12.5. The zero-order valence-electron chi connectivity index (χ0n) is 37.5. The summed E-state index contributed by atoms with van der Waals surface area (Å²) < 4.78 is 27.2. The predicted molar refractivity (Wildman–Crippen MR) is 269 cm³/mol. The normalized spacial score (nSPS) is 10.3. The second-order valence-electron chi connectivity index (χ2n) is 16.0. The number of hydrogen-bond acceptors (Lipinski definition) is 6. The van der Waals surface area contributed by atoms with E-state index in [0.717, 1.165) is 68.7 Å². The van der Waals surface area contributed by atoms with Crippen LogP contribution in [-0.2, 0) is 25.9 Å². The van der Waals surface area contributed by atoms with Gasteiger partial charge in [-0.25, -0.2) is 8.78 Å². The minimum Gasteiger partial charge on any atom is -0.326 e. The number of pyridine rings is 2. The largest absolute Gasteiger partial charge is 0.326 e. The van der Waals surface area contributed by atoms with Gasteiger partial charge in [0.25, 0.3) is 11.8 Å². The first kappa shape index (κ1) is 57.1. The van der Waals surface area contributed by atoms with Crippen LogP contribution in [0.2, 0.25) is 0 Å². The molecule has 6 aromatic rings. The molecule has 0 saturated heterocycles. The summed E-state index contributed by atoms with van der Waals surface area (Å²) in [5.41, 5.74) is 25.2. The molecule has 0 unspecified atom stereocenters. The minimum atomic E-state index is -0.453. The number of amides is 2. The summed E-state index contributed by atoms with van der Waals surface area (Å²) in [6, 6.07) is 27.5. The molecule has 8 nitrogen and oxygen atoms in total. The van der Waals surface area contributed by atoms with Gasteiger partial charge in [0.05, 0.1) is 22.8 Å². The Bertz CT molecular complexity index is 2310. The van der Waals surface area contributed by atoms with E-state index < -0.39 is 11.6 Å². The van der Waals surface area contributed by atoms with Gasteiger partial charge in [-0.15, -0.1) is 49.6 Å². The highest BCUT2D eigenvalue weighted by Crippen LogP contribution is 2.38. The fourth-order valence-corrected chi connectivity index (χ4v) is 7.17. The molecule has 0 aliphatic rings. The van der Waals surface area contributed by atoms with Crippen molar-refractivity contribution in [2.45, 2.75) is 81.3 Å². The average molecular weight is 957 g/mol. The molecule has 0 aliphatic heterocycles. The Hall–Kier alpha value is -4.94. The maximum Gasteiger partial charge on any atom is 0.255 e. The first-order chi connectivity index (χ1) is 28.6. The maximum absolute atomic E-state index is 13.6. The molecule has 0 spiro atoms. The first-order valence-electron chi connectivity index (χ1n) is 20.3. The van der Waals surface area contributed by atoms with Crippen LogP contribution >= 0.6 is 49.6 Å². The number of aryl methyl sites for hydroxylation is 4. The van der Waals surface area contributed by atoms with E-state index in [2.05, 4.69) is 38.3 Å². The molecule has 0 fully saturated rings. The fourth-order valence-electron chi connectivity index (χ4n) is 7.17. The molecule has 0 radical (unpaired) electrons. The van der Waals surface area contributed by atoms with Crippen molar-refractivity contribution in [1.29, 1.82) is 0 Å². The van der Waals surface area contributed by atoms with Gasteiger partial charge in [-0.1, -0.05) is 99.5 Å². The van der Waals surface area contributed by atoms with Gasteiger partial charge in [-0.05, 0) is 111 Å². The van der Waals surface area contributed by atoms with Gasteiger partial charge < -0.3 is 22.1 Å². The van der Waals surface area contributed by atoms with Gasteiger partial charge in [0.2, 0.25) is 0 Å². The highest BCUT2D eigenvalue weighted by atomic mass is 35.5. The third-order valence-electron chi connectivity index (χ3n) is 10.1. The molecule has 14 heteroatoms. The van der Waals surface area contributed by atoms with Gasteiger partial charge in [-0.3, -0.25) is 19.6 Å². The number of anilines is 2. The lowest BCUT2D eigenvalue weighted by Gasteiger charge is -2.21. The van der Waals surface area contributed by atoms with Crippen LogP contribution in [0.5, 0.6) is 0 Å². The number of carbonyl (C=O) groups is 2. The van der Waals surface area contributed by atoms with Gasteiger partial charge in [0.1, 0.15) is 11.6 Å². The van der Waals surface area contributed by atoms with Crippen LogP contribution in [0.15, 0.2) is 97.1 Å². The van der Waals surface area contributed by atoms with Crippen molar-refractivity contribution >= 4 is 72.8 Å². The number of nitrogens with two attached hydrogens (primary N) is 2. The number of nitrogens with zero attached hydrogens (tertiary/aromatic N) is 2. The zero-order valence-corrected chi connectivity index (χ0v) is 40.7. The lowest BCUT2D eigenvalue weighted by atomic mass is 9.92. The van der Waals surface area contributed by atoms with E-state index >= 15 is 0 Å². The molecule has 2 aromatic heterocycles. The fraction of sp³-hybridized carbons (Fsp3) is 0.280. The van der Waals surface area contributed by atoms with E-state index in [4.69, 9.17) is 21.4 Å². The summed E-state index contributed by atoms with van der Waals surface area (Å²) in [7, 11) is 0. The topological polar surface area (TPSA) is 136 Å². The summed E-state index contributed by atoms with van der Waals surface area (Å²) in [4.78, 5) is 35.3. The van der Waals surface area contributed by atoms with Gasteiger partial charge in [-0.2, -0.15) is 0 Å². The van der Waals surface area contributed by atoms with Crippen LogP contribution in [0.25, 0.3) is 22.3 Å². The number of hydrogen-bond donors (Lipinski definition) is 4. The lowest BCUT2D eigenvalue weighted by molar-refractivity contribution is 0.101. The Morgan fingerprint density at radius 1 is 0.547 bits per heavy atom. The Labute approximate surface area is 401 Å². The highest BCUT2D eigenvalue weighted by molar-refractivity contribution is 6.08. The van der Waals surface area contributed by atoms with E-state index in [1.807, 2.05) is 76.2 Å². The molecule has 4 aromatic carbocycles. The smallest absolute Gasteiger partial charge is 0.255 e. The molecule has 0 atom stereocenters. The summed E-state index contributed by atoms with van der Waals surface area (Å²) >= 11 is 0. The summed E-state index contributed by atoms with van der Waals surface area (Å²) in [6.45, 7) is 17.0. The number of benzene rings is 4. The van der Waals surface area contributed by atoms with Crippen molar-refractivity contribution in [3.8, 4) is 22.3 Å². The average Bonchev–Trinajstić information content (AvgIpc) is 3.20. The van der Waals surface area contributed by atoms with E-state index in [-0.39, 0.29) is 72.6 Å². The lowest BCUT2D eigenvalue weighted by Crippen LogP contribution is -2.18. The number of rotatable bonds is 12. The van der Waals surface area contributed by atoms with Gasteiger partial charge >= 0.3 is 0 Å². The molecule has 0 saturated carbocycles. The Morgan fingerprint density at radius 3 is 1.16 bits per heavy atom. The van der Waals surface area contributed by atoms with Crippen molar-refractivity contribution in [2.75, 3.05) is 10.6 Å². The molecule has 344 valence electrons. The van der Waals surface area contributed by atoms with Crippen LogP contribution in [0.3, 0.4) is 0 Å². The van der Waals surface area contributed by atoms with E-state index in [0.29, 0.717) is 47.7 Å². The number of nitrogens with one attached hydrogen (secondary N) is 2. The van der Waals surface area contributed by atoms with Crippen molar-refractivity contribution < 1.29 is 18.4 Å². The van der Waals surface area contributed by atoms with Gasteiger partial charge in [0.15, 0.2) is 0 Å². The summed E-state index contributed by atoms with van der Waals surface area (Å²) in [5, 5.41) is 5.93. The minimum absolute atomic E-state index is 0. The molecule has 2 heterocycles. The van der Waals surface area contributed by atoms with Crippen molar-refractivity contribution in [3.63, 3.8) is 0 Å². The molecular formula is C50H60Cl4F2N6O2. The Kier molecular flexibility index (Phi) is 23.3. The zero-order chi connectivity index (χ0) is 43.7. The quantitative estimate of drug-likeness (QED) is 0.0964. The second-order valence-corrected chi connectivity index (χ2v) is 16.0. The van der Waals surface area contributed by atoms with E-state index in [1.54, 1.807) is 12.1 Å². The van der Waals surface area contributed by atoms with Crippen molar-refractivity contribution in [1.82, 2.24) is 9.97 Å². The number of halogens is 6. The summed E-state index contributed by atoms with van der Waals surface area (Å²) in [6.07, 6.45) is 1.59. The van der Waals surface area contributed by atoms with Crippen LogP contribution in [-0.4, -0.2) is 21.8 Å². The maximum atomic E-state index is 13.6. The van der Waals surface area contributed by atoms with Crippen molar-refractivity contribution in [3.05, 3.63) is 165 Å². The van der Waals surface area contributed by atoms with Crippen LogP contribution in [0, 0.1) is 51.2 Å². The SMILES string of the molecule is Cc1ccc(-c2c(CN)c(CC(C)C)nc(C)c2NC(=O)c2cccc(F)c2)cc1.Cc1ccc(-c2c(CN)c(CC(C)C)nc(C)c2NC(=O)c2cccc(F)c2)cc1.Cl.Cl.Cl.Cl. The van der Waals surface area contributed by atoms with Crippen molar-refractivity contribution in [2.24, 2.45) is 23.3 Å². The second kappa shape index (κ2) is 26.1. The monoisotopic (exact) mass is 954 g/mol. The molecule has 0 bridgehead atoms. The van der Waals surface area contributed by atoms with Crippen LogP contribution in [0.4, 0.5) is 20.2 Å². The molecular weight excluding hydrogens is 896 g/mol. The highest BCUT2D eigenvalue weighted by Gasteiger charge is 2.23. The number of aromatic nitrogens is 2. The van der Waals surface area contributed by atoms with Gasteiger partial charge in [0, 0.05) is 46.7 Å². The molecule has 0 aliphatic carbocycles. The van der Waals surface area contributed by atoms with Crippen LogP contribution in [0.1, 0.15) is 93.4 Å². The summed E-state index contributed by atoms with van der Waals surface area (Å²) in [5.74, 6) is -0.835.